The van der Waals surface area contributed by atoms with E-state index >= 15 is 0 Å². The monoisotopic (exact) mass is 964 g/mol. The Labute approximate surface area is 378 Å². The van der Waals surface area contributed by atoms with Gasteiger partial charge < -0.3 is 54.5 Å². The topological polar surface area (TPSA) is 149 Å². The third-order valence-corrected chi connectivity index (χ3v) is 11.4. The molecule has 13 heteroatoms. The fraction of sp³-hybridized carbons (Fsp3) is 0.596. The predicted molar refractivity (Wildman–Crippen MR) is 239 cm³/mol. The molecule has 5 heterocycles. The van der Waals surface area contributed by atoms with Crippen molar-refractivity contribution in [3.8, 4) is 0 Å². The smallest absolute Gasteiger partial charge is 0.135 e. The Kier molecular flexibility index (Phi) is 23.0. The molecular weight excluding hydrogens is 892 g/mol. The molecule has 336 valence electrons. The van der Waals surface area contributed by atoms with Crippen LogP contribution >= 0.6 is 0 Å². The third kappa shape index (κ3) is 21.3. The van der Waals surface area contributed by atoms with Gasteiger partial charge in [-0.2, -0.15) is 0 Å². The van der Waals surface area contributed by atoms with Crippen molar-refractivity contribution in [2.24, 2.45) is 0 Å². The molecule has 0 aliphatic carbocycles. The number of rotatable bonds is 8. The van der Waals surface area contributed by atoms with E-state index in [-0.39, 0.29) is 37.2 Å². The second-order valence-corrected chi connectivity index (χ2v) is 21.0. The molecule has 0 radical (unpaired) electrons. The minimum atomic E-state index is -1.42. The van der Waals surface area contributed by atoms with Crippen LogP contribution in [0.15, 0.2) is 91.0 Å². The largest absolute Gasteiger partial charge is 1.00 e. The van der Waals surface area contributed by atoms with Crippen LogP contribution in [0.5, 0.6) is 0 Å². The average molecular weight is 965 g/mol. The molecule has 0 aromatic heterocycles. The third-order valence-electron chi connectivity index (χ3n) is 11.4. The van der Waals surface area contributed by atoms with Gasteiger partial charge in [0.2, 0.25) is 0 Å². The Bertz CT molecular complexity index is 1620. The number of aliphatic hydroxyl groups excluding tert-OH is 2. The van der Waals surface area contributed by atoms with Gasteiger partial charge in [-0.3, -0.25) is 19.5 Å². The number of nitrogens with one attached hydrogen (secondary N) is 1. The van der Waals surface area contributed by atoms with Crippen molar-refractivity contribution in [3.05, 3.63) is 108 Å². The van der Waals surface area contributed by atoms with E-state index in [1.807, 2.05) is 24.3 Å². The maximum Gasteiger partial charge on any atom is 0.135 e. The summed E-state index contributed by atoms with van der Waals surface area (Å²) in [6.45, 7) is 11.4. The molecule has 0 amide bonds. The number of epoxide rings is 1. The van der Waals surface area contributed by atoms with Crippen LogP contribution in [-0.4, -0.2) is 149 Å². The van der Waals surface area contributed by atoms with Crippen LogP contribution in [0.4, 0.5) is 0 Å². The molecule has 0 unspecified atom stereocenters. The zero-order valence-electron chi connectivity index (χ0n) is 36.4. The zero-order valence-corrected chi connectivity index (χ0v) is 39.3. The number of ketones is 1. The van der Waals surface area contributed by atoms with Gasteiger partial charge in [0.05, 0.1) is 46.6 Å². The zero-order chi connectivity index (χ0) is 42.6. The van der Waals surface area contributed by atoms with Crippen LogP contribution in [0.1, 0.15) is 68.1 Å². The van der Waals surface area contributed by atoms with Gasteiger partial charge in [0.25, 0.3) is 0 Å². The van der Waals surface area contributed by atoms with E-state index in [0.29, 0.717) is 37.1 Å². The summed E-state index contributed by atoms with van der Waals surface area (Å²) in [6, 6.07) is 31.5. The highest BCUT2D eigenvalue weighted by molar-refractivity contribution is 8.00. The number of piperidine rings is 4. The van der Waals surface area contributed by atoms with E-state index in [4.69, 9.17) is 14.9 Å². The highest BCUT2D eigenvalue weighted by Gasteiger charge is 2.46. The first-order valence-corrected chi connectivity index (χ1v) is 24.2. The first kappa shape index (κ1) is 52.2. The molecular formula is C47H73IN4O7S. The fourth-order valence-corrected chi connectivity index (χ4v) is 7.33. The molecule has 5 aliphatic rings. The molecule has 3 aromatic rings. The summed E-state index contributed by atoms with van der Waals surface area (Å²) in [5, 5.41) is 40.1. The predicted octanol–water partition coefficient (Wildman–Crippen LogP) is 1.38. The molecule has 8 rings (SSSR count). The molecule has 5 fully saturated rings. The van der Waals surface area contributed by atoms with Crippen molar-refractivity contribution >= 4 is 15.7 Å². The standard InChI is InChI=1S/C13H19NO2.C13H17NO.C12H15NO.C6H13NO2.C3H9OS.HI/c15-11-13(16)6-8-14(9-7-13)10-12-4-2-1-3-5-12;1-2-4-12(5-3-1)10-14-8-6-13(7-9-14)11-15-13;14-12-6-8-13(9-7-12)10-11-4-2-1-3-5-11;8-5-6(9)1-3-7-4-2-6;1-5(2,3)4;/h1-5,15-16H,6-11H2;1-5H,6-11H2;1-5H,6-10H2;7-9H,1-5H2;1-3H3;1H/q;;;;+1;/p-1. The summed E-state index contributed by atoms with van der Waals surface area (Å²) >= 11 is 0. The van der Waals surface area contributed by atoms with E-state index in [1.54, 1.807) is 18.8 Å². The molecule has 0 atom stereocenters. The molecule has 3 aromatic carbocycles. The first-order chi connectivity index (χ1) is 28.2. The van der Waals surface area contributed by atoms with E-state index in [1.165, 1.54) is 42.6 Å². The summed E-state index contributed by atoms with van der Waals surface area (Å²) in [5.41, 5.74) is 2.75. The average Bonchev–Trinajstić information content (AvgIpc) is 4.01. The molecule has 1 spiro atoms. The Morgan fingerprint density at radius 2 is 0.900 bits per heavy atom. The van der Waals surface area contributed by atoms with Gasteiger partial charge in [-0.1, -0.05) is 91.0 Å². The Morgan fingerprint density at radius 3 is 1.22 bits per heavy atom. The van der Waals surface area contributed by atoms with Crippen LogP contribution in [-0.2, 0) is 43.3 Å². The second-order valence-electron chi connectivity index (χ2n) is 17.5. The number of hydrogen-bond acceptors (Lipinski definition) is 11. The van der Waals surface area contributed by atoms with Crippen LogP contribution in [0, 0.1) is 0 Å². The highest BCUT2D eigenvalue weighted by Crippen LogP contribution is 2.38. The lowest BCUT2D eigenvalue weighted by Gasteiger charge is -2.37. The van der Waals surface area contributed by atoms with Crippen LogP contribution in [0.25, 0.3) is 0 Å². The molecule has 60 heavy (non-hydrogen) atoms. The van der Waals surface area contributed by atoms with Gasteiger partial charge in [-0.15, -0.1) is 4.21 Å². The maximum absolute atomic E-state index is 11.0. The van der Waals surface area contributed by atoms with Crippen molar-refractivity contribution in [2.75, 3.05) is 90.9 Å². The van der Waals surface area contributed by atoms with Crippen LogP contribution < -0.4 is 29.3 Å². The molecule has 5 saturated heterocycles. The van der Waals surface area contributed by atoms with Crippen LogP contribution in [0.3, 0.4) is 0 Å². The lowest BCUT2D eigenvalue weighted by molar-refractivity contribution is -0.121. The van der Waals surface area contributed by atoms with E-state index in [9.17, 15) is 19.2 Å². The summed E-state index contributed by atoms with van der Waals surface area (Å²) in [5.74, 6) is 0.411. The molecule has 5 N–H and O–H groups in total. The van der Waals surface area contributed by atoms with Crippen molar-refractivity contribution in [2.45, 2.75) is 87.8 Å². The number of nitrogens with zero attached hydrogens (tertiary/aromatic N) is 3. The number of carbonyl (C=O) groups excluding carboxylic acids is 1. The lowest BCUT2D eigenvalue weighted by Crippen LogP contribution is -3.00. The van der Waals surface area contributed by atoms with Gasteiger partial charge in [-0.25, -0.2) is 0 Å². The van der Waals surface area contributed by atoms with Crippen molar-refractivity contribution in [1.82, 2.24) is 20.0 Å². The lowest BCUT2D eigenvalue weighted by atomic mass is 9.92. The molecule has 5 aliphatic heterocycles. The minimum Gasteiger partial charge on any atom is -1.00 e. The molecule has 0 bridgehead atoms. The van der Waals surface area contributed by atoms with Crippen molar-refractivity contribution in [1.29, 1.82) is 0 Å². The summed E-state index contributed by atoms with van der Waals surface area (Å²) in [6.07, 6.45) is 11.7. The number of halogens is 1. The number of Topliss-reactive ketones (excluding diaryl/α,β-unsaturated/α-hetero) is 1. The normalized spacial score (nSPS) is 20.8. The maximum atomic E-state index is 11.0. The minimum absolute atomic E-state index is 0. The fourth-order valence-electron chi connectivity index (χ4n) is 7.33. The molecule has 11 nitrogen and oxygen atoms in total. The Hall–Kier alpha value is -2.15. The van der Waals surface area contributed by atoms with Gasteiger partial charge in [0.15, 0.2) is 0 Å². The highest BCUT2D eigenvalue weighted by atomic mass is 127. The summed E-state index contributed by atoms with van der Waals surface area (Å²) in [7, 11) is -1.42. The summed E-state index contributed by atoms with van der Waals surface area (Å²) in [4.78, 5) is 18.2. The van der Waals surface area contributed by atoms with E-state index in [0.717, 1.165) is 78.4 Å². The van der Waals surface area contributed by atoms with E-state index < -0.39 is 21.1 Å². The molecule has 0 saturated carbocycles. The number of aliphatic hydroxyl groups is 4. The van der Waals surface area contributed by atoms with Gasteiger partial charge in [-0.05, 0) is 68.3 Å². The number of carbonyl (C=O) groups is 1. The van der Waals surface area contributed by atoms with Crippen molar-refractivity contribution in [3.63, 3.8) is 0 Å². The van der Waals surface area contributed by atoms with Gasteiger partial charge in [0, 0.05) is 71.7 Å². The Balaban J connectivity index is 0.000000208. The van der Waals surface area contributed by atoms with Crippen molar-refractivity contribution < 1.29 is 58.1 Å². The van der Waals surface area contributed by atoms with Crippen LogP contribution in [0.2, 0.25) is 0 Å². The summed E-state index contributed by atoms with van der Waals surface area (Å²) < 4.78 is 15.7. The first-order valence-electron chi connectivity index (χ1n) is 21.4. The quantitative estimate of drug-likeness (QED) is 0.127. The second kappa shape index (κ2) is 26.5. The van der Waals surface area contributed by atoms with Gasteiger partial charge in [0.1, 0.15) is 24.6 Å². The number of benzene rings is 3. The number of hydrogen-bond donors (Lipinski definition) is 5. The number of likely N-dealkylation sites (tertiary alicyclic amines) is 3. The number of ether oxygens (including phenoxy) is 1. The Morgan fingerprint density at radius 1 is 0.583 bits per heavy atom. The SMILES string of the molecule is C[S+](C)(C)=O.O=C1CCN(Cc2ccccc2)CC1.OCC1(O)CCN(Cc2ccccc2)CC1.OCC1(O)CCNCC1.[I-].c1ccc(CN2CCC3(CC2)CO3)cc1. The van der Waals surface area contributed by atoms with Gasteiger partial charge >= 0.3 is 0 Å². The van der Waals surface area contributed by atoms with E-state index in [2.05, 4.69) is 86.7 Å².